The lowest BCUT2D eigenvalue weighted by atomic mass is 10.3. The molecule has 0 saturated carbocycles. The van der Waals surface area contributed by atoms with Crippen LogP contribution in [-0.2, 0) is 0 Å². The second kappa shape index (κ2) is 5.66. The monoisotopic (exact) mass is 335 g/mol. The Hall–Kier alpha value is -1.83. The normalized spacial score (nSPS) is 10.3. The van der Waals surface area contributed by atoms with Crippen molar-refractivity contribution in [1.29, 1.82) is 0 Å². The van der Waals surface area contributed by atoms with Crippen LogP contribution in [0.2, 0.25) is 15.1 Å². The van der Waals surface area contributed by atoms with Gasteiger partial charge in [-0.15, -0.1) is 0 Å². The molecule has 104 valence electrons. The van der Waals surface area contributed by atoms with E-state index >= 15 is 0 Å². The number of H-pyrrole nitrogens is 1. The first-order valence-electron chi connectivity index (χ1n) is 4.94. The molecule has 7 nitrogen and oxygen atoms in total. The number of nitro groups is 1. The smallest absolute Gasteiger partial charge is 0.273 e. The van der Waals surface area contributed by atoms with E-state index in [1.807, 2.05) is 0 Å². The number of nitrogens with one attached hydrogen (secondary N) is 1. The first kappa shape index (κ1) is 14.6. The van der Waals surface area contributed by atoms with E-state index in [2.05, 4.69) is 9.97 Å². The third kappa shape index (κ3) is 2.84. The zero-order valence-corrected chi connectivity index (χ0v) is 11.7. The Morgan fingerprint density at radius 3 is 2.40 bits per heavy atom. The minimum atomic E-state index is -0.653. The Labute approximate surface area is 126 Å². The van der Waals surface area contributed by atoms with Crippen molar-refractivity contribution in [3.05, 3.63) is 54.0 Å². The molecule has 20 heavy (non-hydrogen) atoms. The van der Waals surface area contributed by atoms with E-state index in [0.717, 1.165) is 18.5 Å². The third-order valence-corrected chi connectivity index (χ3v) is 3.05. The molecule has 0 fully saturated rings. The van der Waals surface area contributed by atoms with E-state index in [1.54, 1.807) is 0 Å². The van der Waals surface area contributed by atoms with Crippen molar-refractivity contribution in [3.8, 4) is 11.6 Å². The molecule has 0 amide bonds. The SMILES string of the molecule is O=c1[nH]cnc(Oc2c(Cl)cc([N+](=O)[O-])cc2Cl)c1Cl. The van der Waals surface area contributed by atoms with Gasteiger partial charge in [-0.3, -0.25) is 14.9 Å². The predicted molar refractivity (Wildman–Crippen MR) is 73.1 cm³/mol. The summed E-state index contributed by atoms with van der Waals surface area (Å²) >= 11 is 17.4. The summed E-state index contributed by atoms with van der Waals surface area (Å²) < 4.78 is 5.24. The standard InChI is InChI=1S/C10H4Cl3N3O4/c11-5-1-4(16(18)19)2-6(12)8(5)20-10-7(13)9(17)14-3-15-10/h1-3H,(H,14,15,17). The van der Waals surface area contributed by atoms with Crippen molar-refractivity contribution in [2.45, 2.75) is 0 Å². The van der Waals surface area contributed by atoms with E-state index in [0.29, 0.717) is 0 Å². The van der Waals surface area contributed by atoms with E-state index < -0.39 is 10.5 Å². The van der Waals surface area contributed by atoms with Gasteiger partial charge in [-0.2, -0.15) is 0 Å². The number of ether oxygens (including phenoxy) is 1. The van der Waals surface area contributed by atoms with Crippen LogP contribution in [0.25, 0.3) is 0 Å². The molecule has 0 bridgehead atoms. The number of halogens is 3. The van der Waals surface area contributed by atoms with E-state index in [9.17, 15) is 14.9 Å². The lowest BCUT2D eigenvalue weighted by molar-refractivity contribution is -0.384. The molecule has 1 aromatic heterocycles. The largest absolute Gasteiger partial charge is 0.434 e. The van der Waals surface area contributed by atoms with E-state index in [-0.39, 0.29) is 32.4 Å². The molecule has 0 atom stereocenters. The van der Waals surface area contributed by atoms with E-state index in [1.165, 1.54) is 0 Å². The zero-order chi connectivity index (χ0) is 14.9. The minimum absolute atomic E-state index is 0.0843. The number of hydrogen-bond donors (Lipinski definition) is 1. The number of aromatic nitrogens is 2. The Balaban J connectivity index is 2.47. The number of nitrogens with zero attached hydrogens (tertiary/aromatic N) is 2. The summed E-state index contributed by atoms with van der Waals surface area (Å²) in [4.78, 5) is 27.2. The maximum absolute atomic E-state index is 11.3. The highest BCUT2D eigenvalue weighted by Crippen LogP contribution is 2.39. The summed E-state index contributed by atoms with van der Waals surface area (Å²) in [5.74, 6) is -0.299. The molecule has 0 spiro atoms. The molecule has 1 heterocycles. The average Bonchev–Trinajstić information content (AvgIpc) is 2.38. The highest BCUT2D eigenvalue weighted by atomic mass is 35.5. The van der Waals surface area contributed by atoms with E-state index in [4.69, 9.17) is 39.5 Å². The Morgan fingerprint density at radius 1 is 1.25 bits per heavy atom. The molecule has 1 aromatic carbocycles. The van der Waals surface area contributed by atoms with Gasteiger partial charge in [0.2, 0.25) is 5.88 Å². The Morgan fingerprint density at radius 2 is 1.85 bits per heavy atom. The summed E-state index contributed by atoms with van der Waals surface area (Å²) in [7, 11) is 0. The van der Waals surface area contributed by atoms with Gasteiger partial charge in [-0.05, 0) is 0 Å². The van der Waals surface area contributed by atoms with Gasteiger partial charge in [0.25, 0.3) is 11.2 Å². The van der Waals surface area contributed by atoms with Gasteiger partial charge >= 0.3 is 0 Å². The number of nitro benzene ring substituents is 1. The first-order valence-corrected chi connectivity index (χ1v) is 6.08. The lowest BCUT2D eigenvalue weighted by Gasteiger charge is -2.09. The fraction of sp³-hybridized carbons (Fsp3) is 0. The molecule has 0 aliphatic heterocycles. The zero-order valence-electron chi connectivity index (χ0n) is 9.39. The summed E-state index contributed by atoms with van der Waals surface area (Å²) in [5, 5.41) is 10.1. The van der Waals surface area contributed by atoms with Crippen LogP contribution in [0.15, 0.2) is 23.3 Å². The van der Waals surface area contributed by atoms with Crippen molar-refractivity contribution >= 4 is 40.5 Å². The second-order valence-electron chi connectivity index (χ2n) is 3.45. The van der Waals surface area contributed by atoms with Crippen molar-refractivity contribution < 1.29 is 9.66 Å². The van der Waals surface area contributed by atoms with Crippen LogP contribution in [0.1, 0.15) is 0 Å². The summed E-state index contributed by atoms with van der Waals surface area (Å²) in [6.07, 6.45) is 1.08. The van der Waals surface area contributed by atoms with Crippen LogP contribution >= 0.6 is 34.8 Å². The molecule has 1 N–H and O–H groups in total. The van der Waals surface area contributed by atoms with Crippen molar-refractivity contribution in [3.63, 3.8) is 0 Å². The average molecular weight is 337 g/mol. The second-order valence-corrected chi connectivity index (χ2v) is 4.64. The highest BCUT2D eigenvalue weighted by molar-refractivity contribution is 6.37. The Kier molecular flexibility index (Phi) is 4.12. The predicted octanol–water partition coefficient (Wildman–Crippen LogP) is 3.43. The molecule has 0 aliphatic rings. The molecule has 10 heteroatoms. The van der Waals surface area contributed by atoms with Gasteiger partial charge in [0.1, 0.15) is 0 Å². The number of non-ortho nitro benzene ring substituents is 1. The van der Waals surface area contributed by atoms with Gasteiger partial charge in [0.05, 0.1) is 21.3 Å². The molecule has 0 unspecified atom stereocenters. The molecule has 2 rings (SSSR count). The van der Waals surface area contributed by atoms with Crippen LogP contribution < -0.4 is 10.3 Å². The lowest BCUT2D eigenvalue weighted by Crippen LogP contribution is -2.08. The quantitative estimate of drug-likeness (QED) is 0.684. The summed E-state index contributed by atoms with van der Waals surface area (Å²) in [5.41, 5.74) is -0.900. The molecule has 0 radical (unpaired) electrons. The molecule has 2 aromatic rings. The minimum Gasteiger partial charge on any atom is -0.434 e. The molecule has 0 saturated heterocycles. The van der Waals surface area contributed by atoms with Crippen molar-refractivity contribution in [2.75, 3.05) is 0 Å². The number of hydrogen-bond acceptors (Lipinski definition) is 5. The van der Waals surface area contributed by atoms with Gasteiger partial charge < -0.3 is 9.72 Å². The highest BCUT2D eigenvalue weighted by Gasteiger charge is 2.18. The van der Waals surface area contributed by atoms with Gasteiger partial charge in [-0.1, -0.05) is 34.8 Å². The topological polar surface area (TPSA) is 98.1 Å². The van der Waals surface area contributed by atoms with Crippen LogP contribution in [0, 0.1) is 10.1 Å². The van der Waals surface area contributed by atoms with Crippen LogP contribution in [-0.4, -0.2) is 14.9 Å². The maximum atomic E-state index is 11.3. The first-order chi connectivity index (χ1) is 9.40. The maximum Gasteiger partial charge on any atom is 0.273 e. The van der Waals surface area contributed by atoms with Crippen LogP contribution in [0.5, 0.6) is 11.6 Å². The van der Waals surface area contributed by atoms with Gasteiger partial charge in [0, 0.05) is 12.1 Å². The summed E-state index contributed by atoms with van der Waals surface area (Å²) in [6.45, 7) is 0. The van der Waals surface area contributed by atoms with Gasteiger partial charge in [-0.25, -0.2) is 4.98 Å². The fourth-order valence-corrected chi connectivity index (χ4v) is 1.98. The number of aromatic amines is 1. The van der Waals surface area contributed by atoms with Crippen molar-refractivity contribution in [2.24, 2.45) is 0 Å². The third-order valence-electron chi connectivity index (χ3n) is 2.16. The van der Waals surface area contributed by atoms with Crippen LogP contribution in [0.4, 0.5) is 5.69 Å². The van der Waals surface area contributed by atoms with Crippen molar-refractivity contribution in [1.82, 2.24) is 9.97 Å². The molecular weight excluding hydrogens is 332 g/mol. The fourth-order valence-electron chi connectivity index (χ4n) is 1.28. The van der Waals surface area contributed by atoms with Gasteiger partial charge in [0.15, 0.2) is 10.8 Å². The molecule has 0 aliphatic carbocycles. The Bertz CT molecular complexity index is 724. The molecular formula is C10H4Cl3N3O4. The number of benzene rings is 1. The summed E-state index contributed by atoms with van der Waals surface area (Å²) in [6, 6.07) is 2.12. The van der Waals surface area contributed by atoms with Crippen LogP contribution in [0.3, 0.4) is 0 Å². The number of rotatable bonds is 3.